The van der Waals surface area contributed by atoms with E-state index < -0.39 is 0 Å². The molecule has 0 aliphatic heterocycles. The van der Waals surface area contributed by atoms with Gasteiger partial charge in [0.15, 0.2) is 0 Å². The van der Waals surface area contributed by atoms with Gasteiger partial charge in [-0.1, -0.05) is 29.8 Å². The third-order valence-corrected chi connectivity index (χ3v) is 5.40. The molecule has 3 N–H and O–H groups in total. The first-order valence-corrected chi connectivity index (χ1v) is 10.6. The minimum Gasteiger partial charge on any atom is -0.366 e. The van der Waals surface area contributed by atoms with E-state index in [-0.39, 0.29) is 11.5 Å². The number of hydrogen-bond acceptors (Lipinski definition) is 5. The number of nitrogens with one attached hydrogen (secondary N) is 3. The van der Waals surface area contributed by atoms with Gasteiger partial charge in [0.05, 0.1) is 0 Å². The Morgan fingerprint density at radius 2 is 1.79 bits per heavy atom. The molecule has 0 fully saturated rings. The smallest absolute Gasteiger partial charge is 0.255 e. The quantitative estimate of drug-likeness (QED) is 0.407. The van der Waals surface area contributed by atoms with Crippen LogP contribution in [-0.2, 0) is 6.54 Å². The first-order chi connectivity index (χ1) is 15.9. The van der Waals surface area contributed by atoms with E-state index in [1.807, 2.05) is 74.5 Å². The van der Waals surface area contributed by atoms with Crippen molar-refractivity contribution in [3.63, 3.8) is 0 Å². The van der Waals surface area contributed by atoms with Crippen LogP contribution in [0.1, 0.15) is 32.7 Å². The van der Waals surface area contributed by atoms with Crippen LogP contribution in [0.5, 0.6) is 0 Å². The number of aryl methyl sites for hydroxylation is 2. The molecule has 0 bridgehead atoms. The number of anilines is 2. The van der Waals surface area contributed by atoms with Gasteiger partial charge in [0.2, 0.25) is 0 Å². The topological polar surface area (TPSA) is 99.8 Å². The second kappa shape index (κ2) is 9.48. The maximum absolute atomic E-state index is 12.5. The minimum atomic E-state index is -0.144. The fraction of sp³-hybridized carbons (Fsp3) is 0.154. The van der Waals surface area contributed by atoms with Crippen molar-refractivity contribution in [2.24, 2.45) is 0 Å². The van der Waals surface area contributed by atoms with Crippen molar-refractivity contribution in [1.82, 2.24) is 15.0 Å². The Hall–Kier alpha value is -4.26. The highest BCUT2D eigenvalue weighted by atomic mass is 16.1. The molecule has 4 aromatic rings. The summed E-state index contributed by atoms with van der Waals surface area (Å²) in [6.07, 6.45) is 1.67. The van der Waals surface area contributed by atoms with Gasteiger partial charge in [-0.05, 0) is 62.7 Å². The Morgan fingerprint density at radius 1 is 1.00 bits per heavy atom. The number of nitrogens with zero attached hydrogens (tertiary/aromatic N) is 2. The Balaban J connectivity index is 1.40. The summed E-state index contributed by atoms with van der Waals surface area (Å²) in [5, 5.41) is 6.21. The summed E-state index contributed by atoms with van der Waals surface area (Å²) in [5.74, 6) is 1.05. The third-order valence-electron chi connectivity index (χ3n) is 5.40. The minimum absolute atomic E-state index is 0.143. The number of H-pyrrole nitrogens is 1. The van der Waals surface area contributed by atoms with E-state index in [1.54, 1.807) is 13.1 Å². The summed E-state index contributed by atoms with van der Waals surface area (Å²) in [6, 6.07) is 18.8. The molecule has 7 heteroatoms. The normalized spacial score (nSPS) is 10.6. The Morgan fingerprint density at radius 3 is 2.48 bits per heavy atom. The van der Waals surface area contributed by atoms with Crippen LogP contribution in [-0.4, -0.2) is 20.9 Å². The lowest BCUT2D eigenvalue weighted by Gasteiger charge is -2.10. The second-order valence-electron chi connectivity index (χ2n) is 7.93. The highest BCUT2D eigenvalue weighted by Crippen LogP contribution is 2.17. The van der Waals surface area contributed by atoms with Crippen LogP contribution in [0.4, 0.5) is 11.5 Å². The monoisotopic (exact) mass is 439 g/mol. The SMILES string of the molecule is Cc1ccc(C(=O)Nc2cccc(CNc3ccc(-c4nc(C)c(C)c(=O)[nH]4)cn3)c2)cc1. The van der Waals surface area contributed by atoms with Crippen molar-refractivity contribution in [3.8, 4) is 11.4 Å². The molecule has 0 aliphatic carbocycles. The van der Waals surface area contributed by atoms with Gasteiger partial charge in [0.25, 0.3) is 11.5 Å². The van der Waals surface area contributed by atoms with E-state index in [4.69, 9.17) is 0 Å². The molecule has 166 valence electrons. The van der Waals surface area contributed by atoms with Gasteiger partial charge in [-0.2, -0.15) is 0 Å². The maximum atomic E-state index is 12.5. The fourth-order valence-corrected chi connectivity index (χ4v) is 3.28. The highest BCUT2D eigenvalue weighted by molar-refractivity contribution is 6.04. The Kier molecular flexibility index (Phi) is 6.31. The van der Waals surface area contributed by atoms with Crippen molar-refractivity contribution in [2.45, 2.75) is 27.3 Å². The van der Waals surface area contributed by atoms with Crippen molar-refractivity contribution < 1.29 is 4.79 Å². The number of carbonyl (C=O) groups excluding carboxylic acids is 1. The van der Waals surface area contributed by atoms with Crippen molar-refractivity contribution in [3.05, 3.63) is 105 Å². The molecular formula is C26H25N5O2. The largest absolute Gasteiger partial charge is 0.366 e. The van der Waals surface area contributed by atoms with Crippen LogP contribution in [0.25, 0.3) is 11.4 Å². The zero-order valence-corrected chi connectivity index (χ0v) is 18.8. The average Bonchev–Trinajstić information content (AvgIpc) is 2.82. The number of hydrogen-bond donors (Lipinski definition) is 3. The maximum Gasteiger partial charge on any atom is 0.255 e. The number of pyridine rings is 1. The van der Waals surface area contributed by atoms with Gasteiger partial charge in [-0.3, -0.25) is 9.59 Å². The summed E-state index contributed by atoms with van der Waals surface area (Å²) < 4.78 is 0. The molecular weight excluding hydrogens is 414 g/mol. The van der Waals surface area contributed by atoms with E-state index in [9.17, 15) is 9.59 Å². The van der Waals surface area contributed by atoms with Crippen LogP contribution in [0.15, 0.2) is 71.7 Å². The van der Waals surface area contributed by atoms with Gasteiger partial charge in [-0.15, -0.1) is 0 Å². The molecule has 0 unspecified atom stereocenters. The lowest BCUT2D eigenvalue weighted by atomic mass is 10.1. The summed E-state index contributed by atoms with van der Waals surface area (Å²) >= 11 is 0. The number of rotatable bonds is 6. The van der Waals surface area contributed by atoms with Gasteiger partial charge >= 0.3 is 0 Å². The van der Waals surface area contributed by atoms with E-state index in [2.05, 4.69) is 25.6 Å². The molecule has 2 heterocycles. The molecule has 1 amide bonds. The zero-order chi connectivity index (χ0) is 23.4. The van der Waals surface area contributed by atoms with Gasteiger partial charge in [0.1, 0.15) is 11.6 Å². The molecule has 4 rings (SSSR count). The van der Waals surface area contributed by atoms with Crippen LogP contribution >= 0.6 is 0 Å². The fourth-order valence-electron chi connectivity index (χ4n) is 3.28. The molecule has 2 aromatic carbocycles. The van der Waals surface area contributed by atoms with Crippen LogP contribution < -0.4 is 16.2 Å². The molecule has 0 aliphatic rings. The number of aromatic amines is 1. The van der Waals surface area contributed by atoms with E-state index in [0.717, 1.165) is 22.4 Å². The molecule has 0 atom stereocenters. The van der Waals surface area contributed by atoms with Crippen LogP contribution in [0.3, 0.4) is 0 Å². The second-order valence-corrected chi connectivity index (χ2v) is 7.93. The van der Waals surface area contributed by atoms with Crippen molar-refractivity contribution in [2.75, 3.05) is 10.6 Å². The molecule has 0 radical (unpaired) electrons. The van der Waals surface area contributed by atoms with Crippen molar-refractivity contribution in [1.29, 1.82) is 0 Å². The summed E-state index contributed by atoms with van der Waals surface area (Å²) in [7, 11) is 0. The van der Waals surface area contributed by atoms with Crippen LogP contribution in [0, 0.1) is 20.8 Å². The summed E-state index contributed by atoms with van der Waals surface area (Å²) in [4.78, 5) is 36.1. The lowest BCUT2D eigenvalue weighted by Crippen LogP contribution is -2.14. The van der Waals surface area contributed by atoms with Gasteiger partial charge in [0, 0.05) is 40.8 Å². The highest BCUT2D eigenvalue weighted by Gasteiger charge is 2.08. The van der Waals surface area contributed by atoms with Crippen LogP contribution in [0.2, 0.25) is 0 Å². The molecule has 33 heavy (non-hydrogen) atoms. The third kappa shape index (κ3) is 5.33. The molecule has 7 nitrogen and oxygen atoms in total. The summed E-state index contributed by atoms with van der Waals surface area (Å²) in [6.45, 7) is 6.09. The van der Waals surface area contributed by atoms with E-state index in [1.165, 1.54) is 0 Å². The van der Waals surface area contributed by atoms with E-state index in [0.29, 0.717) is 35.0 Å². The lowest BCUT2D eigenvalue weighted by molar-refractivity contribution is 0.102. The predicted octanol–water partition coefficient (Wildman–Crippen LogP) is 4.62. The van der Waals surface area contributed by atoms with E-state index >= 15 is 0 Å². The number of benzene rings is 2. The first-order valence-electron chi connectivity index (χ1n) is 10.6. The number of aromatic nitrogens is 3. The number of amides is 1. The molecule has 0 saturated carbocycles. The van der Waals surface area contributed by atoms with Crippen molar-refractivity contribution >= 4 is 17.4 Å². The predicted molar refractivity (Wildman–Crippen MR) is 130 cm³/mol. The molecule has 0 saturated heterocycles. The molecule has 0 spiro atoms. The first kappa shape index (κ1) is 22.0. The Labute approximate surface area is 192 Å². The summed E-state index contributed by atoms with van der Waals surface area (Å²) in [5.41, 5.74) is 5.37. The number of carbonyl (C=O) groups is 1. The average molecular weight is 440 g/mol. The Bertz CT molecular complexity index is 1340. The zero-order valence-electron chi connectivity index (χ0n) is 18.8. The van der Waals surface area contributed by atoms with Gasteiger partial charge < -0.3 is 15.6 Å². The standard InChI is InChI=1S/C26H25N5O2/c1-16-7-9-20(10-8-16)26(33)30-22-6-4-5-19(13-22)14-27-23-12-11-21(15-28-23)24-29-18(3)17(2)25(32)31-24/h4-13,15H,14H2,1-3H3,(H,27,28)(H,30,33)(H,29,31,32). The molecule has 2 aromatic heterocycles. The van der Waals surface area contributed by atoms with Gasteiger partial charge in [-0.25, -0.2) is 9.97 Å².